The van der Waals surface area contributed by atoms with Crippen molar-refractivity contribution in [2.24, 2.45) is 5.92 Å². The Morgan fingerprint density at radius 3 is 2.79 bits per heavy atom. The van der Waals surface area contributed by atoms with E-state index in [4.69, 9.17) is 15.6 Å². The molecule has 0 unspecified atom stereocenters. The van der Waals surface area contributed by atoms with Crippen molar-refractivity contribution in [2.75, 3.05) is 36.1 Å². The number of carbonyl (C=O) groups is 1. The molecule has 5 N–H and O–H groups in total. The van der Waals surface area contributed by atoms with Gasteiger partial charge in [-0.3, -0.25) is 5.32 Å². The van der Waals surface area contributed by atoms with Gasteiger partial charge in [0.25, 0.3) is 0 Å². The van der Waals surface area contributed by atoms with E-state index >= 15 is 0 Å². The van der Waals surface area contributed by atoms with Crippen LogP contribution in [0.15, 0.2) is 18.2 Å². The van der Waals surface area contributed by atoms with E-state index in [0.717, 1.165) is 38.3 Å². The van der Waals surface area contributed by atoms with E-state index in [1.165, 1.54) is 0 Å². The largest absolute Gasteiger partial charge is 0.465 e. The highest BCUT2D eigenvalue weighted by molar-refractivity contribution is 5.85. The quantitative estimate of drug-likeness (QED) is 0.626. The van der Waals surface area contributed by atoms with Gasteiger partial charge in [0.2, 0.25) is 0 Å². The lowest BCUT2D eigenvalue weighted by Gasteiger charge is -2.23. The van der Waals surface area contributed by atoms with E-state index in [9.17, 15) is 4.79 Å². The topological polar surface area (TPSA) is 96.6 Å². The molecule has 6 nitrogen and oxygen atoms in total. The van der Waals surface area contributed by atoms with Crippen molar-refractivity contribution < 1.29 is 14.6 Å². The van der Waals surface area contributed by atoms with Gasteiger partial charge in [-0.1, -0.05) is 0 Å². The van der Waals surface area contributed by atoms with Crippen molar-refractivity contribution >= 4 is 23.2 Å². The molecule has 1 heterocycles. The molecule has 0 atom stereocenters. The van der Waals surface area contributed by atoms with Crippen LogP contribution < -0.4 is 16.4 Å². The summed E-state index contributed by atoms with van der Waals surface area (Å²) in [6.45, 7) is 2.51. The van der Waals surface area contributed by atoms with Crippen LogP contribution in [0.2, 0.25) is 0 Å². The number of hydrogen-bond donors (Lipinski definition) is 4. The van der Waals surface area contributed by atoms with Gasteiger partial charge in [0.15, 0.2) is 0 Å². The highest BCUT2D eigenvalue weighted by Crippen LogP contribution is 2.24. The molecule has 0 spiro atoms. The number of nitrogens with one attached hydrogen (secondary N) is 2. The molecule has 19 heavy (non-hydrogen) atoms. The minimum absolute atomic E-state index is 0.474. The summed E-state index contributed by atoms with van der Waals surface area (Å²) in [5, 5.41) is 14.2. The molecule has 1 amide bonds. The van der Waals surface area contributed by atoms with Crippen molar-refractivity contribution in [1.29, 1.82) is 0 Å². The zero-order valence-electron chi connectivity index (χ0n) is 10.7. The number of nitrogens with two attached hydrogens (primary N) is 1. The molecule has 0 saturated carbocycles. The summed E-state index contributed by atoms with van der Waals surface area (Å²) < 4.78 is 5.31. The standard InChI is InChI=1S/C13H19N3O3/c14-11-7-10(16-13(17)18)1-2-12(11)15-8-9-3-5-19-6-4-9/h1-2,7,9,15-16H,3-6,8,14H2,(H,17,18). The van der Waals surface area contributed by atoms with Gasteiger partial charge in [-0.2, -0.15) is 0 Å². The van der Waals surface area contributed by atoms with Crippen LogP contribution in [-0.4, -0.2) is 31.0 Å². The molecule has 1 aliphatic rings. The summed E-state index contributed by atoms with van der Waals surface area (Å²) in [5.41, 5.74) is 7.74. The van der Waals surface area contributed by atoms with E-state index in [2.05, 4.69) is 10.6 Å². The van der Waals surface area contributed by atoms with E-state index in [1.54, 1.807) is 18.2 Å². The van der Waals surface area contributed by atoms with Crippen molar-refractivity contribution in [2.45, 2.75) is 12.8 Å². The molecule has 0 radical (unpaired) electrons. The highest BCUT2D eigenvalue weighted by Gasteiger charge is 2.13. The highest BCUT2D eigenvalue weighted by atomic mass is 16.5. The molecule has 1 saturated heterocycles. The molecule has 1 aliphatic heterocycles. The normalized spacial score (nSPS) is 16.0. The van der Waals surface area contributed by atoms with E-state index < -0.39 is 6.09 Å². The van der Waals surface area contributed by atoms with E-state index in [0.29, 0.717) is 17.3 Å². The van der Waals surface area contributed by atoms with Gasteiger partial charge < -0.3 is 20.9 Å². The lowest BCUT2D eigenvalue weighted by molar-refractivity contribution is 0.0699. The van der Waals surface area contributed by atoms with Crippen LogP contribution in [0.5, 0.6) is 0 Å². The molecule has 6 heteroatoms. The first kappa shape index (κ1) is 13.5. The molecule has 1 aromatic rings. The van der Waals surface area contributed by atoms with Gasteiger partial charge in [-0.05, 0) is 37.0 Å². The summed E-state index contributed by atoms with van der Waals surface area (Å²) in [4.78, 5) is 10.5. The molecule has 1 aromatic carbocycles. The molecule has 0 bridgehead atoms. The summed E-state index contributed by atoms with van der Waals surface area (Å²) in [5.74, 6) is 0.602. The third-order valence-electron chi connectivity index (χ3n) is 3.22. The zero-order valence-corrected chi connectivity index (χ0v) is 10.7. The average molecular weight is 265 g/mol. The molecular formula is C13H19N3O3. The second-order valence-corrected chi connectivity index (χ2v) is 4.67. The second kappa shape index (κ2) is 6.29. The Morgan fingerprint density at radius 2 is 2.16 bits per heavy atom. The molecule has 1 fully saturated rings. The van der Waals surface area contributed by atoms with Crippen molar-refractivity contribution in [3.8, 4) is 0 Å². The maximum atomic E-state index is 10.5. The van der Waals surface area contributed by atoms with Crippen LogP contribution >= 0.6 is 0 Å². The minimum atomic E-state index is -1.10. The van der Waals surface area contributed by atoms with E-state index in [-0.39, 0.29) is 0 Å². The third-order valence-corrected chi connectivity index (χ3v) is 3.22. The van der Waals surface area contributed by atoms with Gasteiger partial charge in [0.1, 0.15) is 0 Å². The molecule has 0 aliphatic carbocycles. The van der Waals surface area contributed by atoms with Crippen molar-refractivity contribution in [1.82, 2.24) is 0 Å². The average Bonchev–Trinajstić information content (AvgIpc) is 2.38. The number of ether oxygens (including phenoxy) is 1. The predicted octanol–water partition coefficient (Wildman–Crippen LogP) is 2.20. The number of hydrogen-bond acceptors (Lipinski definition) is 4. The SMILES string of the molecule is Nc1cc(NC(=O)O)ccc1NCC1CCOCC1. The fourth-order valence-corrected chi connectivity index (χ4v) is 2.13. The van der Waals surface area contributed by atoms with Crippen molar-refractivity contribution in [3.63, 3.8) is 0 Å². The summed E-state index contributed by atoms with van der Waals surface area (Å²) in [6.07, 6.45) is 1.03. The number of rotatable bonds is 4. The zero-order chi connectivity index (χ0) is 13.7. The summed E-state index contributed by atoms with van der Waals surface area (Å²) in [6, 6.07) is 5.09. The number of amides is 1. The Labute approximate surface area is 111 Å². The fraction of sp³-hybridized carbons (Fsp3) is 0.462. The van der Waals surface area contributed by atoms with Crippen LogP contribution in [0, 0.1) is 5.92 Å². The maximum absolute atomic E-state index is 10.5. The Bertz CT molecular complexity index is 445. The number of anilines is 3. The third kappa shape index (κ3) is 4.03. The van der Waals surface area contributed by atoms with Crippen molar-refractivity contribution in [3.05, 3.63) is 18.2 Å². The Kier molecular flexibility index (Phi) is 4.46. The molecular weight excluding hydrogens is 246 g/mol. The first-order chi connectivity index (χ1) is 9.15. The minimum Gasteiger partial charge on any atom is -0.465 e. The van der Waals surface area contributed by atoms with Gasteiger partial charge in [0.05, 0.1) is 11.4 Å². The van der Waals surface area contributed by atoms with Gasteiger partial charge in [0, 0.05) is 25.4 Å². The lowest BCUT2D eigenvalue weighted by Crippen LogP contribution is -2.22. The first-order valence-corrected chi connectivity index (χ1v) is 6.36. The van der Waals surface area contributed by atoms with Crippen LogP contribution in [0.25, 0.3) is 0 Å². The number of carboxylic acid groups (broad SMARTS) is 1. The lowest BCUT2D eigenvalue weighted by atomic mass is 10.0. The maximum Gasteiger partial charge on any atom is 0.409 e. The monoisotopic (exact) mass is 265 g/mol. The fourth-order valence-electron chi connectivity index (χ4n) is 2.13. The Hall–Kier alpha value is -1.95. The van der Waals surface area contributed by atoms with Gasteiger partial charge >= 0.3 is 6.09 Å². The molecule has 104 valence electrons. The summed E-state index contributed by atoms with van der Waals surface area (Å²) in [7, 11) is 0. The van der Waals surface area contributed by atoms with Crippen LogP contribution in [-0.2, 0) is 4.74 Å². The van der Waals surface area contributed by atoms with Crippen LogP contribution in [0.4, 0.5) is 21.9 Å². The first-order valence-electron chi connectivity index (χ1n) is 6.36. The Balaban J connectivity index is 1.91. The molecule has 0 aromatic heterocycles. The molecule has 2 rings (SSSR count). The van der Waals surface area contributed by atoms with Crippen LogP contribution in [0.3, 0.4) is 0 Å². The van der Waals surface area contributed by atoms with E-state index in [1.807, 2.05) is 0 Å². The van der Waals surface area contributed by atoms with Crippen LogP contribution in [0.1, 0.15) is 12.8 Å². The van der Waals surface area contributed by atoms with Gasteiger partial charge in [-0.25, -0.2) is 4.79 Å². The number of nitrogen functional groups attached to an aromatic ring is 1. The number of benzene rings is 1. The predicted molar refractivity (Wildman–Crippen MR) is 74.5 cm³/mol. The van der Waals surface area contributed by atoms with Gasteiger partial charge in [-0.15, -0.1) is 0 Å². The Morgan fingerprint density at radius 1 is 1.42 bits per heavy atom. The second-order valence-electron chi connectivity index (χ2n) is 4.67. The summed E-state index contributed by atoms with van der Waals surface area (Å²) >= 11 is 0. The smallest absolute Gasteiger partial charge is 0.409 e.